The number of β-lactam (4-membered cyclic amide) rings is 1. The van der Waals surface area contributed by atoms with Gasteiger partial charge in [-0.05, 0) is 5.56 Å². The van der Waals surface area contributed by atoms with E-state index in [0.717, 1.165) is 4.90 Å². The first-order valence-corrected chi connectivity index (χ1v) is 10.9. The minimum absolute atomic E-state index is 0.180. The highest BCUT2D eigenvalue weighted by Crippen LogP contribution is 2.40. The van der Waals surface area contributed by atoms with Crippen molar-refractivity contribution in [3.63, 3.8) is 0 Å². The van der Waals surface area contributed by atoms with E-state index >= 15 is 0 Å². The number of aliphatic carboxylic acids is 1. The quantitative estimate of drug-likeness (QED) is 0.136. The number of urea groups is 1. The van der Waals surface area contributed by atoms with Crippen molar-refractivity contribution < 1.29 is 33.8 Å². The van der Waals surface area contributed by atoms with Crippen molar-refractivity contribution >= 4 is 47.5 Å². The Balaban J connectivity index is 1.78. The third kappa shape index (κ3) is 5.28. The van der Waals surface area contributed by atoms with Gasteiger partial charge in [0, 0.05) is 18.2 Å². The number of nitrogens with one attached hydrogen (secondary N) is 2. The highest BCUT2D eigenvalue weighted by Gasteiger charge is 2.54. The molecule has 1 fully saturated rings. The van der Waals surface area contributed by atoms with Crippen LogP contribution in [0.3, 0.4) is 0 Å². The molecule has 0 aromatic heterocycles. The Hall–Kier alpha value is -4.07. The Morgan fingerprint density at radius 2 is 1.94 bits per heavy atom. The van der Waals surface area contributed by atoms with Crippen LogP contribution in [0, 0.1) is 0 Å². The summed E-state index contributed by atoms with van der Waals surface area (Å²) in [7, 11) is 0. The number of fused-ring (bicyclic) bond motifs is 1. The average Bonchev–Trinajstić information content (AvgIpc) is 2.78. The number of guanidine groups is 1. The maximum absolute atomic E-state index is 13.0. The highest BCUT2D eigenvalue weighted by molar-refractivity contribution is 8.00. The monoisotopic (exact) mass is 490 g/mol. The van der Waals surface area contributed by atoms with Gasteiger partial charge in [0.05, 0.1) is 0 Å². The molecular formula is C20H22N6O7S. The van der Waals surface area contributed by atoms with Crippen LogP contribution >= 0.6 is 11.8 Å². The first-order chi connectivity index (χ1) is 16.1. The molecule has 1 saturated heterocycles. The van der Waals surface area contributed by atoms with Crippen LogP contribution in [0.15, 0.2) is 46.6 Å². The number of carboxylic acid groups (broad SMARTS) is 1. The summed E-state index contributed by atoms with van der Waals surface area (Å²) >= 11 is 1.21. The molecule has 2 unspecified atom stereocenters. The second-order valence-corrected chi connectivity index (χ2v) is 8.37. The minimum Gasteiger partial charge on any atom is -0.477 e. The van der Waals surface area contributed by atoms with E-state index in [0.29, 0.717) is 5.56 Å². The molecule has 7 N–H and O–H groups in total. The summed E-state index contributed by atoms with van der Waals surface area (Å²) in [6.45, 7) is 0.930. The van der Waals surface area contributed by atoms with Crippen molar-refractivity contribution in [3.8, 4) is 0 Å². The van der Waals surface area contributed by atoms with Gasteiger partial charge in [-0.3, -0.25) is 19.3 Å². The summed E-state index contributed by atoms with van der Waals surface area (Å²) in [5.74, 6) is -3.61. The lowest BCUT2D eigenvalue weighted by atomic mass is 10.0. The zero-order valence-corrected chi connectivity index (χ0v) is 18.7. The molecule has 3 atom stereocenters. The summed E-state index contributed by atoms with van der Waals surface area (Å²) in [6.07, 6.45) is 0. The van der Waals surface area contributed by atoms with E-state index in [2.05, 4.69) is 15.6 Å². The van der Waals surface area contributed by atoms with Gasteiger partial charge in [0.2, 0.25) is 5.91 Å². The van der Waals surface area contributed by atoms with E-state index in [4.69, 9.17) is 16.2 Å². The largest absolute Gasteiger partial charge is 0.477 e. The Kier molecular flexibility index (Phi) is 7.40. The first kappa shape index (κ1) is 24.6. The van der Waals surface area contributed by atoms with Gasteiger partial charge in [-0.25, -0.2) is 9.59 Å². The molecule has 1 aromatic rings. The van der Waals surface area contributed by atoms with Crippen LogP contribution in [0.5, 0.6) is 0 Å². The highest BCUT2D eigenvalue weighted by atomic mass is 32.2. The van der Waals surface area contributed by atoms with Crippen LogP contribution in [0.2, 0.25) is 0 Å². The standard InChI is InChI=1S/C20H22N6O7S/c1-9(27)33-7-11-8-34-17-13(16(29)26(17)14(11)18(30)31)23-15(28)12(10-5-3-2-4-6-10)24-20(32)25-19(21)22/h2-6,12-13,17H,7-8H2,1H3,(H,23,28)(H,30,31)(H5,21,22,24,25,32)/t12?,13?,17-/m0/s1. The van der Waals surface area contributed by atoms with Crippen LogP contribution in [0.4, 0.5) is 4.79 Å². The predicted octanol–water partition coefficient (Wildman–Crippen LogP) is -0.988. The number of carboxylic acids is 1. The fraction of sp³-hybridized carbons (Fsp3) is 0.300. The fourth-order valence-corrected chi connectivity index (χ4v) is 4.77. The Morgan fingerprint density at radius 3 is 2.53 bits per heavy atom. The van der Waals surface area contributed by atoms with Crippen molar-refractivity contribution in [1.29, 1.82) is 0 Å². The SMILES string of the molecule is CC(=O)OCC1=C(C(=O)O)N2C(=O)C(NC(=O)C(NC(=O)N=C(N)N)c3ccccc3)[C@@H]2SC1. The Labute approximate surface area is 197 Å². The molecule has 2 aliphatic rings. The molecule has 4 amide bonds. The molecule has 180 valence electrons. The summed E-state index contributed by atoms with van der Waals surface area (Å²) in [5.41, 5.74) is 10.8. The van der Waals surface area contributed by atoms with Gasteiger partial charge < -0.3 is 31.9 Å². The minimum atomic E-state index is -1.35. The summed E-state index contributed by atoms with van der Waals surface area (Å²) in [5, 5.41) is 13.9. The molecule has 0 bridgehead atoms. The van der Waals surface area contributed by atoms with Crippen LogP contribution < -0.4 is 22.1 Å². The number of hydrogen-bond donors (Lipinski definition) is 5. The molecule has 0 spiro atoms. The average molecular weight is 490 g/mol. The number of nitrogens with zero attached hydrogens (tertiary/aromatic N) is 2. The maximum Gasteiger partial charge on any atom is 0.352 e. The molecule has 3 rings (SSSR count). The number of thioether (sulfide) groups is 1. The number of carbonyl (C=O) groups is 5. The number of nitrogens with two attached hydrogens (primary N) is 2. The molecule has 0 radical (unpaired) electrons. The molecule has 0 aliphatic carbocycles. The number of aliphatic imine (C=N–C) groups is 1. The van der Waals surface area contributed by atoms with Crippen LogP contribution in [0.1, 0.15) is 18.5 Å². The molecule has 13 nitrogen and oxygen atoms in total. The zero-order chi connectivity index (χ0) is 25.0. The molecule has 2 aliphatic heterocycles. The normalized spacial score (nSPS) is 19.8. The van der Waals surface area contributed by atoms with Crippen LogP contribution in [-0.2, 0) is 23.9 Å². The Bertz CT molecular complexity index is 1090. The zero-order valence-electron chi connectivity index (χ0n) is 17.9. The second-order valence-electron chi connectivity index (χ2n) is 7.26. The van der Waals surface area contributed by atoms with Crippen LogP contribution in [-0.4, -0.2) is 69.5 Å². The van der Waals surface area contributed by atoms with E-state index < -0.39 is 53.2 Å². The number of amides is 4. The number of ether oxygens (including phenoxy) is 1. The number of benzene rings is 1. The van der Waals surface area contributed by atoms with Gasteiger partial charge in [0.15, 0.2) is 5.96 Å². The van der Waals surface area contributed by atoms with Gasteiger partial charge >= 0.3 is 18.0 Å². The van der Waals surface area contributed by atoms with Crippen molar-refractivity contribution in [1.82, 2.24) is 15.5 Å². The topological polar surface area (TPSA) is 207 Å². The number of esters is 1. The van der Waals surface area contributed by atoms with Gasteiger partial charge in [-0.2, -0.15) is 4.99 Å². The van der Waals surface area contributed by atoms with E-state index in [1.165, 1.54) is 18.7 Å². The number of hydrogen-bond acceptors (Lipinski definition) is 7. The second kappa shape index (κ2) is 10.2. The van der Waals surface area contributed by atoms with E-state index in [1.54, 1.807) is 30.3 Å². The molecule has 34 heavy (non-hydrogen) atoms. The van der Waals surface area contributed by atoms with Crippen molar-refractivity contribution in [2.24, 2.45) is 16.5 Å². The molecule has 14 heteroatoms. The molecule has 2 heterocycles. The first-order valence-electron chi connectivity index (χ1n) is 9.89. The third-order valence-corrected chi connectivity index (χ3v) is 6.23. The lowest BCUT2D eigenvalue weighted by Gasteiger charge is -2.49. The number of carbonyl (C=O) groups excluding carboxylic acids is 4. The van der Waals surface area contributed by atoms with Crippen molar-refractivity contribution in [2.45, 2.75) is 24.4 Å². The smallest absolute Gasteiger partial charge is 0.352 e. The van der Waals surface area contributed by atoms with E-state index in [1.807, 2.05) is 0 Å². The lowest BCUT2D eigenvalue weighted by Crippen LogP contribution is -2.71. The maximum atomic E-state index is 13.0. The van der Waals surface area contributed by atoms with Crippen LogP contribution in [0.25, 0.3) is 0 Å². The van der Waals surface area contributed by atoms with Gasteiger partial charge in [0.25, 0.3) is 5.91 Å². The number of rotatable bonds is 7. The van der Waals surface area contributed by atoms with Gasteiger partial charge in [-0.15, -0.1) is 11.8 Å². The molecule has 1 aromatic carbocycles. The third-order valence-electron chi connectivity index (χ3n) is 4.89. The lowest BCUT2D eigenvalue weighted by molar-refractivity contribution is -0.151. The molecule has 0 saturated carbocycles. The molecular weight excluding hydrogens is 468 g/mol. The fourth-order valence-electron chi connectivity index (χ4n) is 3.44. The predicted molar refractivity (Wildman–Crippen MR) is 120 cm³/mol. The summed E-state index contributed by atoms with van der Waals surface area (Å²) in [4.78, 5) is 65.2. The van der Waals surface area contributed by atoms with Crippen molar-refractivity contribution in [2.75, 3.05) is 12.4 Å². The van der Waals surface area contributed by atoms with Gasteiger partial charge in [0.1, 0.15) is 29.8 Å². The van der Waals surface area contributed by atoms with E-state index in [9.17, 15) is 29.1 Å². The van der Waals surface area contributed by atoms with Gasteiger partial charge in [-0.1, -0.05) is 30.3 Å². The Morgan fingerprint density at radius 1 is 1.26 bits per heavy atom. The van der Waals surface area contributed by atoms with E-state index in [-0.39, 0.29) is 23.6 Å². The summed E-state index contributed by atoms with van der Waals surface area (Å²) < 4.78 is 4.89. The van der Waals surface area contributed by atoms with Crippen molar-refractivity contribution in [3.05, 3.63) is 47.2 Å². The summed E-state index contributed by atoms with van der Waals surface area (Å²) in [6, 6.07) is 5.01.